The minimum Gasteiger partial charge on any atom is -0.497 e. The van der Waals surface area contributed by atoms with Crippen molar-refractivity contribution in [2.75, 3.05) is 26.8 Å². The predicted molar refractivity (Wildman–Crippen MR) is 139 cm³/mol. The Labute approximate surface area is 209 Å². The van der Waals surface area contributed by atoms with Crippen molar-refractivity contribution in [1.29, 1.82) is 0 Å². The number of ether oxygens (including phenoxy) is 3. The highest BCUT2D eigenvalue weighted by Crippen LogP contribution is 2.34. The predicted octanol–water partition coefficient (Wildman–Crippen LogP) is 5.28. The van der Waals surface area contributed by atoms with Crippen LogP contribution in [0.2, 0.25) is 0 Å². The van der Waals surface area contributed by atoms with Crippen molar-refractivity contribution in [3.8, 4) is 28.6 Å². The molecule has 0 amide bonds. The molecule has 0 unspecified atom stereocenters. The van der Waals surface area contributed by atoms with Gasteiger partial charge in [0.15, 0.2) is 0 Å². The molecule has 3 rings (SSSR count). The quantitative estimate of drug-likeness (QED) is 0.380. The first-order valence-corrected chi connectivity index (χ1v) is 12.2. The molecule has 35 heavy (non-hydrogen) atoms. The van der Waals surface area contributed by atoms with Crippen molar-refractivity contribution in [3.05, 3.63) is 60.2 Å². The molecule has 0 radical (unpaired) electrons. The van der Waals surface area contributed by atoms with Gasteiger partial charge in [0.2, 0.25) is 5.88 Å². The summed E-state index contributed by atoms with van der Waals surface area (Å²) in [6.45, 7) is 10.3. The fourth-order valence-electron chi connectivity index (χ4n) is 3.88. The van der Waals surface area contributed by atoms with E-state index >= 15 is 0 Å². The largest absolute Gasteiger partial charge is 0.497 e. The SMILES string of the molecule is CCCN(Cc1c(-c2ccccc2)nn(C)c1Oc1ccc(OC)cc1)C[C@@H](O)COC(C)(C)C. The third-order valence-corrected chi connectivity index (χ3v) is 5.51. The van der Waals surface area contributed by atoms with Gasteiger partial charge in [-0.25, -0.2) is 4.68 Å². The van der Waals surface area contributed by atoms with Gasteiger partial charge in [-0.2, -0.15) is 5.10 Å². The molecule has 7 nitrogen and oxygen atoms in total. The first kappa shape index (κ1) is 26.7. The van der Waals surface area contributed by atoms with E-state index < -0.39 is 6.10 Å². The lowest BCUT2D eigenvalue weighted by Gasteiger charge is -2.27. The van der Waals surface area contributed by atoms with Crippen LogP contribution in [0.4, 0.5) is 0 Å². The van der Waals surface area contributed by atoms with Gasteiger partial charge >= 0.3 is 0 Å². The van der Waals surface area contributed by atoms with E-state index in [0.29, 0.717) is 24.7 Å². The number of aryl methyl sites for hydroxylation is 1. The van der Waals surface area contributed by atoms with E-state index in [9.17, 15) is 5.11 Å². The van der Waals surface area contributed by atoms with Gasteiger partial charge in [0, 0.05) is 25.7 Å². The highest BCUT2D eigenvalue weighted by atomic mass is 16.5. The second-order valence-corrected chi connectivity index (χ2v) is 9.71. The van der Waals surface area contributed by atoms with Crippen LogP contribution in [0.1, 0.15) is 39.7 Å². The number of nitrogens with zero attached hydrogens (tertiary/aromatic N) is 3. The summed E-state index contributed by atoms with van der Waals surface area (Å²) >= 11 is 0. The molecular weight excluding hydrogens is 442 g/mol. The van der Waals surface area contributed by atoms with E-state index in [1.165, 1.54) is 0 Å². The van der Waals surface area contributed by atoms with E-state index in [2.05, 4.69) is 24.0 Å². The summed E-state index contributed by atoms with van der Waals surface area (Å²) in [5.41, 5.74) is 2.58. The Morgan fingerprint density at radius 3 is 2.29 bits per heavy atom. The van der Waals surface area contributed by atoms with Gasteiger partial charge in [-0.05, 0) is 58.0 Å². The van der Waals surface area contributed by atoms with Gasteiger partial charge in [0.25, 0.3) is 0 Å². The zero-order valence-electron chi connectivity index (χ0n) is 21.8. The molecule has 0 aliphatic carbocycles. The van der Waals surface area contributed by atoms with E-state index in [1.807, 2.05) is 70.3 Å². The number of aliphatic hydroxyl groups excluding tert-OH is 1. The van der Waals surface area contributed by atoms with E-state index in [4.69, 9.17) is 19.3 Å². The summed E-state index contributed by atoms with van der Waals surface area (Å²) in [6, 6.07) is 17.6. The molecule has 3 aromatic rings. The summed E-state index contributed by atoms with van der Waals surface area (Å²) in [4.78, 5) is 2.24. The van der Waals surface area contributed by atoms with Crippen LogP contribution in [0, 0.1) is 0 Å². The lowest BCUT2D eigenvalue weighted by molar-refractivity contribution is -0.0566. The van der Waals surface area contributed by atoms with Crippen molar-refractivity contribution >= 4 is 0 Å². The van der Waals surface area contributed by atoms with Crippen LogP contribution < -0.4 is 9.47 Å². The molecule has 0 saturated heterocycles. The fraction of sp³-hybridized carbons (Fsp3) is 0.464. The molecule has 0 aliphatic heterocycles. The maximum atomic E-state index is 10.7. The van der Waals surface area contributed by atoms with Crippen molar-refractivity contribution in [3.63, 3.8) is 0 Å². The summed E-state index contributed by atoms with van der Waals surface area (Å²) in [6.07, 6.45) is 0.367. The summed E-state index contributed by atoms with van der Waals surface area (Å²) < 4.78 is 19.2. The number of aliphatic hydroxyl groups is 1. The van der Waals surface area contributed by atoms with Gasteiger partial charge in [0.1, 0.15) is 17.2 Å². The van der Waals surface area contributed by atoms with Crippen LogP contribution in [-0.4, -0.2) is 58.3 Å². The number of hydrogen-bond donors (Lipinski definition) is 1. The molecule has 190 valence electrons. The standard InChI is InChI=1S/C28H39N3O4/c1-7-17-31(18-22(32)20-34-28(2,3)4)19-25-26(21-11-9-8-10-12-21)29-30(5)27(25)35-24-15-13-23(33-6)14-16-24/h8-16,22,32H,7,17-20H2,1-6H3/t22-/m1/s1. The fourth-order valence-corrected chi connectivity index (χ4v) is 3.88. The maximum absolute atomic E-state index is 10.7. The minimum absolute atomic E-state index is 0.289. The Balaban J connectivity index is 1.91. The van der Waals surface area contributed by atoms with Gasteiger partial charge in [-0.15, -0.1) is 0 Å². The minimum atomic E-state index is -0.594. The van der Waals surface area contributed by atoms with Crippen molar-refractivity contribution in [2.45, 2.75) is 52.4 Å². The molecule has 0 saturated carbocycles. The number of benzene rings is 2. The Morgan fingerprint density at radius 1 is 1.03 bits per heavy atom. The monoisotopic (exact) mass is 481 g/mol. The third-order valence-electron chi connectivity index (χ3n) is 5.51. The Bertz CT molecular complexity index is 1040. The smallest absolute Gasteiger partial charge is 0.222 e. The number of rotatable bonds is 12. The van der Waals surface area contributed by atoms with Crippen LogP contribution >= 0.6 is 0 Å². The molecule has 1 aromatic heterocycles. The summed E-state index contributed by atoms with van der Waals surface area (Å²) in [5.74, 6) is 2.15. The molecule has 0 fully saturated rings. The van der Waals surface area contributed by atoms with E-state index in [-0.39, 0.29) is 12.2 Å². The van der Waals surface area contributed by atoms with E-state index in [0.717, 1.165) is 35.5 Å². The normalized spacial score (nSPS) is 12.7. The Morgan fingerprint density at radius 2 is 1.69 bits per heavy atom. The molecule has 0 spiro atoms. The summed E-state index contributed by atoms with van der Waals surface area (Å²) in [5, 5.41) is 15.5. The van der Waals surface area contributed by atoms with Gasteiger partial charge in [0.05, 0.1) is 31.0 Å². The van der Waals surface area contributed by atoms with Crippen LogP contribution in [0.5, 0.6) is 17.4 Å². The Kier molecular flexibility index (Phi) is 9.32. The number of hydrogen-bond acceptors (Lipinski definition) is 6. The topological polar surface area (TPSA) is 69.0 Å². The average molecular weight is 482 g/mol. The molecule has 1 atom stereocenters. The van der Waals surface area contributed by atoms with Crippen LogP contribution in [0.25, 0.3) is 11.3 Å². The molecule has 1 N–H and O–H groups in total. The van der Waals surface area contributed by atoms with Crippen molar-refractivity contribution in [1.82, 2.24) is 14.7 Å². The first-order valence-electron chi connectivity index (χ1n) is 12.2. The van der Waals surface area contributed by atoms with E-state index in [1.54, 1.807) is 11.8 Å². The van der Waals surface area contributed by atoms with Crippen LogP contribution in [0.3, 0.4) is 0 Å². The molecule has 0 bridgehead atoms. The Hall–Kier alpha value is -2.87. The molecule has 1 heterocycles. The van der Waals surface area contributed by atoms with Gasteiger partial charge < -0.3 is 19.3 Å². The highest BCUT2D eigenvalue weighted by molar-refractivity contribution is 5.65. The average Bonchev–Trinajstić information content (AvgIpc) is 3.13. The first-order chi connectivity index (χ1) is 16.7. The molecule has 0 aliphatic rings. The highest BCUT2D eigenvalue weighted by Gasteiger charge is 2.24. The zero-order valence-corrected chi connectivity index (χ0v) is 21.8. The third kappa shape index (κ3) is 7.82. The maximum Gasteiger partial charge on any atom is 0.222 e. The number of aromatic nitrogens is 2. The van der Waals surface area contributed by atoms with Gasteiger partial charge in [-0.1, -0.05) is 37.3 Å². The summed E-state index contributed by atoms with van der Waals surface area (Å²) in [7, 11) is 3.54. The number of methoxy groups -OCH3 is 1. The van der Waals surface area contributed by atoms with Crippen LogP contribution in [0.15, 0.2) is 54.6 Å². The van der Waals surface area contributed by atoms with Crippen molar-refractivity contribution < 1.29 is 19.3 Å². The lowest BCUT2D eigenvalue weighted by atomic mass is 10.1. The molecule has 2 aromatic carbocycles. The van der Waals surface area contributed by atoms with Crippen LogP contribution in [-0.2, 0) is 18.3 Å². The second-order valence-electron chi connectivity index (χ2n) is 9.71. The zero-order chi connectivity index (χ0) is 25.4. The van der Waals surface area contributed by atoms with Gasteiger partial charge in [-0.3, -0.25) is 4.90 Å². The second kappa shape index (κ2) is 12.2. The van der Waals surface area contributed by atoms with Crippen molar-refractivity contribution in [2.24, 2.45) is 7.05 Å². The molecular formula is C28H39N3O4. The lowest BCUT2D eigenvalue weighted by Crippen LogP contribution is -2.37. The molecule has 7 heteroatoms.